The van der Waals surface area contributed by atoms with Gasteiger partial charge in [0.25, 0.3) is 11.5 Å². The van der Waals surface area contributed by atoms with Crippen LogP contribution in [-0.4, -0.2) is 21.2 Å². The van der Waals surface area contributed by atoms with E-state index in [1.165, 1.54) is 22.0 Å². The van der Waals surface area contributed by atoms with Crippen molar-refractivity contribution in [1.82, 2.24) is 15.0 Å². The number of thiophene rings is 1. The SMILES string of the molecule is C/C(=N/NC(=O)Cn1ccccc1=O)c1sc2nc(C)cc(C)c2c1N. The Bertz CT molecular complexity index is 1080. The summed E-state index contributed by atoms with van der Waals surface area (Å²) < 4.78 is 1.31. The lowest BCUT2D eigenvalue weighted by atomic mass is 10.1. The van der Waals surface area contributed by atoms with Crippen LogP contribution in [0.25, 0.3) is 10.2 Å². The van der Waals surface area contributed by atoms with Gasteiger partial charge < -0.3 is 10.3 Å². The highest BCUT2D eigenvalue weighted by Crippen LogP contribution is 2.35. The summed E-state index contributed by atoms with van der Waals surface area (Å²) in [4.78, 5) is 29.8. The maximum Gasteiger partial charge on any atom is 0.260 e. The monoisotopic (exact) mass is 369 g/mol. The topological polar surface area (TPSA) is 102 Å². The number of nitrogens with zero attached hydrogens (tertiary/aromatic N) is 3. The van der Waals surface area contributed by atoms with Crippen LogP contribution in [0.1, 0.15) is 23.1 Å². The third-order valence-corrected chi connectivity index (χ3v) is 5.12. The van der Waals surface area contributed by atoms with Crippen LogP contribution < -0.4 is 16.7 Å². The fourth-order valence-corrected chi connectivity index (χ4v) is 3.88. The number of amides is 1. The number of pyridine rings is 2. The zero-order valence-corrected chi connectivity index (χ0v) is 15.6. The molecule has 7 nitrogen and oxygen atoms in total. The van der Waals surface area contributed by atoms with Gasteiger partial charge in [-0.1, -0.05) is 6.07 Å². The fraction of sp³-hybridized carbons (Fsp3) is 0.222. The number of fused-ring (bicyclic) bond motifs is 1. The number of carbonyl (C=O) groups excluding carboxylic acids is 1. The number of hydrazone groups is 1. The summed E-state index contributed by atoms with van der Waals surface area (Å²) >= 11 is 1.45. The van der Waals surface area contributed by atoms with Gasteiger partial charge in [-0.15, -0.1) is 11.3 Å². The Morgan fingerprint density at radius 1 is 1.38 bits per heavy atom. The Kier molecular flexibility index (Phi) is 4.85. The molecule has 1 amide bonds. The standard InChI is InChI=1S/C18H19N5O2S/c1-10-8-11(2)20-18-15(10)16(19)17(26-18)12(3)21-22-13(24)9-23-7-5-4-6-14(23)25/h4-8H,9,19H2,1-3H3,(H,22,24)/b21-12-. The number of hydrogen-bond acceptors (Lipinski definition) is 6. The van der Waals surface area contributed by atoms with Gasteiger partial charge in [-0.05, 0) is 38.5 Å². The lowest BCUT2D eigenvalue weighted by Gasteiger charge is -2.05. The van der Waals surface area contributed by atoms with Gasteiger partial charge >= 0.3 is 0 Å². The van der Waals surface area contributed by atoms with E-state index in [1.54, 1.807) is 25.3 Å². The Hall–Kier alpha value is -3.00. The van der Waals surface area contributed by atoms with Crippen LogP contribution in [0.2, 0.25) is 0 Å². The van der Waals surface area contributed by atoms with Crippen molar-refractivity contribution in [1.29, 1.82) is 0 Å². The Morgan fingerprint density at radius 2 is 2.15 bits per heavy atom. The molecule has 0 bridgehead atoms. The van der Waals surface area contributed by atoms with E-state index in [1.807, 2.05) is 19.9 Å². The van der Waals surface area contributed by atoms with Crippen LogP contribution in [0.4, 0.5) is 5.69 Å². The average Bonchev–Trinajstić information content (AvgIpc) is 2.91. The molecule has 0 fully saturated rings. The van der Waals surface area contributed by atoms with Gasteiger partial charge in [-0.2, -0.15) is 5.10 Å². The predicted octanol–water partition coefficient (Wildman–Crippen LogP) is 2.20. The number of carbonyl (C=O) groups is 1. The maximum atomic E-state index is 12.0. The maximum absolute atomic E-state index is 12.0. The number of hydrogen-bond donors (Lipinski definition) is 2. The molecular formula is C18H19N5O2S. The van der Waals surface area contributed by atoms with Gasteiger partial charge in [-0.25, -0.2) is 10.4 Å². The van der Waals surface area contributed by atoms with Crippen LogP contribution >= 0.6 is 11.3 Å². The Balaban J connectivity index is 1.82. The number of nitrogens with two attached hydrogens (primary N) is 1. The number of nitrogen functional groups attached to an aromatic ring is 1. The quantitative estimate of drug-likeness (QED) is 0.543. The summed E-state index contributed by atoms with van der Waals surface area (Å²) in [7, 11) is 0. The van der Waals surface area contributed by atoms with Crippen molar-refractivity contribution >= 4 is 38.9 Å². The van der Waals surface area contributed by atoms with Crippen molar-refractivity contribution in [2.75, 3.05) is 5.73 Å². The normalized spacial score (nSPS) is 11.7. The first-order chi connectivity index (χ1) is 12.4. The minimum Gasteiger partial charge on any atom is -0.397 e. The summed E-state index contributed by atoms with van der Waals surface area (Å²) in [5.41, 5.74) is 11.7. The van der Waals surface area contributed by atoms with Crippen molar-refractivity contribution in [3.05, 3.63) is 57.0 Å². The highest BCUT2D eigenvalue weighted by molar-refractivity contribution is 7.21. The molecule has 3 aromatic rings. The molecule has 0 aliphatic carbocycles. The van der Waals surface area contributed by atoms with Crippen LogP contribution in [0, 0.1) is 13.8 Å². The van der Waals surface area contributed by atoms with Crippen LogP contribution in [-0.2, 0) is 11.3 Å². The van der Waals surface area contributed by atoms with Gasteiger partial charge in [0.2, 0.25) is 0 Å². The van der Waals surface area contributed by atoms with Crippen molar-refractivity contribution in [2.24, 2.45) is 5.10 Å². The Morgan fingerprint density at radius 3 is 2.88 bits per heavy atom. The van der Waals surface area contributed by atoms with Gasteiger partial charge in [-0.3, -0.25) is 9.59 Å². The second kappa shape index (κ2) is 7.09. The molecule has 3 N–H and O–H groups in total. The van der Waals surface area contributed by atoms with Crippen molar-refractivity contribution in [3.8, 4) is 0 Å². The molecule has 134 valence electrons. The second-order valence-corrected chi connectivity index (χ2v) is 7.00. The first-order valence-electron chi connectivity index (χ1n) is 8.02. The zero-order chi connectivity index (χ0) is 18.8. The van der Waals surface area contributed by atoms with Crippen LogP contribution in [0.5, 0.6) is 0 Å². The third-order valence-electron chi connectivity index (χ3n) is 3.91. The molecule has 26 heavy (non-hydrogen) atoms. The molecule has 0 radical (unpaired) electrons. The van der Waals surface area contributed by atoms with E-state index in [-0.39, 0.29) is 18.0 Å². The molecule has 0 saturated carbocycles. The molecule has 0 saturated heterocycles. The number of rotatable bonds is 4. The number of nitrogens with one attached hydrogen (secondary N) is 1. The van der Waals surface area contributed by atoms with Crippen LogP contribution in [0.15, 0.2) is 40.4 Å². The van der Waals surface area contributed by atoms with E-state index in [0.717, 1.165) is 26.4 Å². The predicted molar refractivity (Wildman–Crippen MR) is 105 cm³/mol. The largest absolute Gasteiger partial charge is 0.397 e. The van der Waals surface area contributed by atoms with E-state index in [9.17, 15) is 9.59 Å². The molecule has 0 aliphatic heterocycles. The molecule has 0 unspecified atom stereocenters. The lowest BCUT2D eigenvalue weighted by molar-refractivity contribution is -0.121. The van der Waals surface area contributed by atoms with Gasteiger partial charge in [0.15, 0.2) is 0 Å². The van der Waals surface area contributed by atoms with Gasteiger partial charge in [0, 0.05) is 23.3 Å². The van der Waals surface area contributed by atoms with Gasteiger partial charge in [0.05, 0.1) is 16.3 Å². The fourth-order valence-electron chi connectivity index (χ4n) is 2.72. The summed E-state index contributed by atoms with van der Waals surface area (Å²) in [5.74, 6) is -0.387. The molecule has 0 spiro atoms. The third kappa shape index (κ3) is 3.50. The van der Waals surface area contributed by atoms with E-state index in [4.69, 9.17) is 5.73 Å². The van der Waals surface area contributed by atoms with E-state index >= 15 is 0 Å². The molecule has 0 atom stereocenters. The molecule has 0 aliphatic rings. The van der Waals surface area contributed by atoms with Crippen LogP contribution in [0.3, 0.4) is 0 Å². The van der Waals surface area contributed by atoms with Crippen molar-refractivity contribution < 1.29 is 4.79 Å². The molecular weight excluding hydrogens is 350 g/mol. The summed E-state index contributed by atoms with van der Waals surface area (Å²) in [6.45, 7) is 5.61. The second-order valence-electron chi connectivity index (χ2n) is 6.00. The molecule has 3 rings (SSSR count). The number of aryl methyl sites for hydroxylation is 2. The lowest BCUT2D eigenvalue weighted by Crippen LogP contribution is -2.29. The highest BCUT2D eigenvalue weighted by Gasteiger charge is 2.15. The first-order valence-corrected chi connectivity index (χ1v) is 8.83. The summed E-state index contributed by atoms with van der Waals surface area (Å²) in [6, 6.07) is 6.71. The van der Waals surface area contributed by atoms with E-state index in [2.05, 4.69) is 15.5 Å². The molecule has 3 aromatic heterocycles. The summed E-state index contributed by atoms with van der Waals surface area (Å²) in [5, 5.41) is 5.06. The number of aromatic nitrogens is 2. The molecule has 3 heterocycles. The van der Waals surface area contributed by atoms with E-state index < -0.39 is 0 Å². The van der Waals surface area contributed by atoms with E-state index in [0.29, 0.717) is 11.4 Å². The zero-order valence-electron chi connectivity index (χ0n) is 14.7. The minimum absolute atomic E-state index is 0.0990. The van der Waals surface area contributed by atoms with Crippen molar-refractivity contribution in [3.63, 3.8) is 0 Å². The van der Waals surface area contributed by atoms with Gasteiger partial charge in [0.1, 0.15) is 11.4 Å². The first kappa shape index (κ1) is 17.8. The van der Waals surface area contributed by atoms with Crippen molar-refractivity contribution in [2.45, 2.75) is 27.3 Å². The summed E-state index contributed by atoms with van der Waals surface area (Å²) in [6.07, 6.45) is 1.55. The average molecular weight is 369 g/mol. The smallest absolute Gasteiger partial charge is 0.260 e. The number of anilines is 1. The Labute approximate surface area is 154 Å². The molecule has 0 aromatic carbocycles. The molecule has 8 heteroatoms. The minimum atomic E-state index is -0.387. The highest BCUT2D eigenvalue weighted by atomic mass is 32.1.